The Morgan fingerprint density at radius 2 is 2.00 bits per heavy atom. The number of hydrogen-bond donors (Lipinski definition) is 1. The van der Waals surface area contributed by atoms with Crippen LogP contribution in [0.25, 0.3) is 0 Å². The van der Waals surface area contributed by atoms with Crippen molar-refractivity contribution < 1.29 is 9.47 Å². The summed E-state index contributed by atoms with van der Waals surface area (Å²) in [5, 5.41) is 3.62. The maximum absolute atomic E-state index is 5.48. The summed E-state index contributed by atoms with van der Waals surface area (Å²) in [5.74, 6) is 0.976. The molecule has 1 aromatic rings. The second-order valence-electron chi connectivity index (χ2n) is 5.45. The molecule has 0 aliphatic heterocycles. The molecule has 3 heteroatoms. The van der Waals surface area contributed by atoms with Gasteiger partial charge in [-0.15, -0.1) is 0 Å². The van der Waals surface area contributed by atoms with Crippen LogP contribution >= 0.6 is 0 Å². The van der Waals surface area contributed by atoms with Gasteiger partial charge in [-0.1, -0.05) is 24.6 Å². The maximum Gasteiger partial charge on any atom is 0.122 e. The molecule has 2 unspecified atom stereocenters. The van der Waals surface area contributed by atoms with Gasteiger partial charge in [-0.2, -0.15) is 0 Å². The van der Waals surface area contributed by atoms with Crippen molar-refractivity contribution in [2.24, 2.45) is 0 Å². The van der Waals surface area contributed by atoms with Crippen LogP contribution in [-0.2, 0) is 11.2 Å². The summed E-state index contributed by atoms with van der Waals surface area (Å²) >= 11 is 0. The van der Waals surface area contributed by atoms with Crippen molar-refractivity contribution in [1.82, 2.24) is 5.32 Å². The van der Waals surface area contributed by atoms with E-state index in [1.54, 1.807) is 14.2 Å². The van der Waals surface area contributed by atoms with E-state index in [0.29, 0.717) is 6.04 Å². The van der Waals surface area contributed by atoms with Gasteiger partial charge in [0.05, 0.1) is 13.2 Å². The summed E-state index contributed by atoms with van der Waals surface area (Å²) in [7, 11) is 3.51. The Labute approximate surface area is 123 Å². The van der Waals surface area contributed by atoms with Gasteiger partial charge in [0, 0.05) is 13.2 Å². The Bertz CT molecular complexity index is 393. The molecule has 0 saturated carbocycles. The average Bonchev–Trinajstić information content (AvgIpc) is 2.44. The second kappa shape index (κ2) is 8.98. The Balaban J connectivity index is 2.79. The third-order valence-corrected chi connectivity index (χ3v) is 3.60. The molecule has 1 aromatic carbocycles. The Morgan fingerprint density at radius 1 is 1.25 bits per heavy atom. The van der Waals surface area contributed by atoms with Crippen LogP contribution in [0.3, 0.4) is 0 Å². The van der Waals surface area contributed by atoms with Crippen LogP contribution in [0.4, 0.5) is 0 Å². The number of nitrogens with one attached hydrogen (secondary N) is 1. The van der Waals surface area contributed by atoms with Gasteiger partial charge in [-0.3, -0.25) is 0 Å². The first-order chi connectivity index (χ1) is 9.60. The number of benzene rings is 1. The summed E-state index contributed by atoms with van der Waals surface area (Å²) in [4.78, 5) is 0. The van der Waals surface area contributed by atoms with Gasteiger partial charge in [0.25, 0.3) is 0 Å². The highest BCUT2D eigenvalue weighted by Crippen LogP contribution is 2.22. The minimum atomic E-state index is 0.264. The second-order valence-corrected chi connectivity index (χ2v) is 5.45. The summed E-state index contributed by atoms with van der Waals surface area (Å²) in [6, 6.07) is 6.79. The third-order valence-electron chi connectivity index (χ3n) is 3.60. The highest BCUT2D eigenvalue weighted by molar-refractivity contribution is 5.37. The zero-order valence-electron chi connectivity index (χ0n) is 13.5. The van der Waals surface area contributed by atoms with Crippen LogP contribution < -0.4 is 10.1 Å². The van der Waals surface area contributed by atoms with Crippen molar-refractivity contribution in [1.29, 1.82) is 0 Å². The standard InChI is InChI=1S/C17H29NO2/c1-6-9-18-16(11-14(3)19-4)12-15-10-13(2)7-8-17(15)20-5/h7-8,10,14,16,18H,6,9,11-12H2,1-5H3. The smallest absolute Gasteiger partial charge is 0.122 e. The predicted molar refractivity (Wildman–Crippen MR) is 84.6 cm³/mol. The van der Waals surface area contributed by atoms with E-state index in [1.807, 2.05) is 0 Å². The Hall–Kier alpha value is -1.06. The van der Waals surface area contributed by atoms with Crippen molar-refractivity contribution in [3.05, 3.63) is 29.3 Å². The molecule has 0 fully saturated rings. The molecule has 0 amide bonds. The summed E-state index contributed by atoms with van der Waals surface area (Å²) in [6.45, 7) is 7.47. The fourth-order valence-electron chi connectivity index (χ4n) is 2.42. The molecule has 0 heterocycles. The lowest BCUT2D eigenvalue weighted by Crippen LogP contribution is -2.35. The lowest BCUT2D eigenvalue weighted by molar-refractivity contribution is 0.100. The fraction of sp³-hybridized carbons (Fsp3) is 0.647. The van der Waals surface area contributed by atoms with Crippen molar-refractivity contribution >= 4 is 0 Å². The van der Waals surface area contributed by atoms with Crippen LogP contribution in [0.5, 0.6) is 5.75 Å². The topological polar surface area (TPSA) is 30.5 Å². The van der Waals surface area contributed by atoms with Crippen LogP contribution in [0.15, 0.2) is 18.2 Å². The lowest BCUT2D eigenvalue weighted by atomic mass is 9.98. The van der Waals surface area contributed by atoms with Gasteiger partial charge in [0.15, 0.2) is 0 Å². The molecular formula is C17H29NO2. The summed E-state index contributed by atoms with van der Waals surface area (Å²) < 4.78 is 10.9. The number of aryl methyl sites for hydroxylation is 1. The minimum absolute atomic E-state index is 0.264. The fourth-order valence-corrected chi connectivity index (χ4v) is 2.42. The first kappa shape index (κ1) is 17.0. The van der Waals surface area contributed by atoms with Gasteiger partial charge >= 0.3 is 0 Å². The molecular weight excluding hydrogens is 250 g/mol. The average molecular weight is 279 g/mol. The van der Waals surface area contributed by atoms with Gasteiger partial charge in [-0.05, 0) is 51.3 Å². The highest BCUT2D eigenvalue weighted by atomic mass is 16.5. The molecule has 20 heavy (non-hydrogen) atoms. The van der Waals surface area contributed by atoms with Crippen molar-refractivity contribution in [3.63, 3.8) is 0 Å². The molecule has 0 aliphatic carbocycles. The monoisotopic (exact) mass is 279 g/mol. The predicted octanol–water partition coefficient (Wildman–Crippen LogP) is 3.34. The van der Waals surface area contributed by atoms with Crippen LogP contribution in [0, 0.1) is 6.92 Å². The minimum Gasteiger partial charge on any atom is -0.496 e. The largest absolute Gasteiger partial charge is 0.496 e. The van der Waals surface area contributed by atoms with Gasteiger partial charge in [-0.25, -0.2) is 0 Å². The number of methoxy groups -OCH3 is 2. The van der Waals surface area contributed by atoms with E-state index in [0.717, 1.165) is 31.6 Å². The molecule has 1 N–H and O–H groups in total. The van der Waals surface area contributed by atoms with Gasteiger partial charge in [0.1, 0.15) is 5.75 Å². The van der Waals surface area contributed by atoms with Crippen molar-refractivity contribution in [2.75, 3.05) is 20.8 Å². The van der Waals surface area contributed by atoms with Crippen LogP contribution in [0.1, 0.15) is 37.8 Å². The van der Waals surface area contributed by atoms with Crippen LogP contribution in [-0.4, -0.2) is 32.9 Å². The third kappa shape index (κ3) is 5.51. The molecule has 3 nitrogen and oxygen atoms in total. The summed E-state index contributed by atoms with van der Waals surface area (Å²) in [5.41, 5.74) is 2.54. The molecule has 0 bridgehead atoms. The van der Waals surface area contributed by atoms with E-state index in [9.17, 15) is 0 Å². The van der Waals surface area contributed by atoms with Gasteiger partial charge < -0.3 is 14.8 Å². The van der Waals surface area contributed by atoms with E-state index in [-0.39, 0.29) is 6.10 Å². The first-order valence-electron chi connectivity index (χ1n) is 7.50. The van der Waals surface area contributed by atoms with Crippen molar-refractivity contribution in [2.45, 2.75) is 52.2 Å². The Kier molecular flexibility index (Phi) is 7.63. The SMILES string of the molecule is CCCNC(Cc1cc(C)ccc1OC)CC(C)OC. The van der Waals surface area contributed by atoms with Crippen LogP contribution in [0.2, 0.25) is 0 Å². The quantitative estimate of drug-likeness (QED) is 0.752. The van der Waals surface area contributed by atoms with E-state index < -0.39 is 0 Å². The first-order valence-corrected chi connectivity index (χ1v) is 7.50. The molecule has 0 radical (unpaired) electrons. The number of rotatable bonds is 9. The lowest BCUT2D eigenvalue weighted by Gasteiger charge is -2.23. The van der Waals surface area contributed by atoms with E-state index >= 15 is 0 Å². The summed E-state index contributed by atoms with van der Waals surface area (Å²) in [6.07, 6.45) is 3.38. The normalized spacial score (nSPS) is 14.1. The number of ether oxygens (including phenoxy) is 2. The van der Waals surface area contributed by atoms with Gasteiger partial charge in [0.2, 0.25) is 0 Å². The maximum atomic E-state index is 5.48. The zero-order valence-corrected chi connectivity index (χ0v) is 13.5. The number of hydrogen-bond acceptors (Lipinski definition) is 3. The molecule has 114 valence electrons. The molecule has 1 rings (SSSR count). The molecule has 0 aliphatic rings. The zero-order chi connectivity index (χ0) is 15.0. The molecule has 2 atom stereocenters. The Morgan fingerprint density at radius 3 is 2.60 bits per heavy atom. The van der Waals surface area contributed by atoms with E-state index in [4.69, 9.17) is 9.47 Å². The van der Waals surface area contributed by atoms with E-state index in [1.165, 1.54) is 11.1 Å². The molecule has 0 aromatic heterocycles. The highest BCUT2D eigenvalue weighted by Gasteiger charge is 2.15. The van der Waals surface area contributed by atoms with E-state index in [2.05, 4.69) is 44.3 Å². The van der Waals surface area contributed by atoms with Crippen molar-refractivity contribution in [3.8, 4) is 5.75 Å². The molecule has 0 spiro atoms. The molecule has 0 saturated heterocycles.